The number of aliphatic hydroxyl groups is 1. The molecule has 1 rings (SSSR count). The van der Waals surface area contributed by atoms with E-state index in [1.165, 1.54) is 6.07 Å². The third kappa shape index (κ3) is 6.16. The van der Waals surface area contributed by atoms with E-state index in [0.29, 0.717) is 30.7 Å². The maximum atomic E-state index is 13.9. The molecule has 1 N–H and O–H groups in total. The number of rotatable bonds is 7. The fraction of sp³-hybridized carbons (Fsp3) is 0.500. The van der Waals surface area contributed by atoms with Gasteiger partial charge in [-0.3, -0.25) is 0 Å². The van der Waals surface area contributed by atoms with E-state index in [1.807, 2.05) is 13.1 Å². The average Bonchev–Trinajstić information content (AvgIpc) is 2.42. The topological polar surface area (TPSA) is 32.7 Å². The standard InChI is InChI=1S/C16H22FNO2/c1-18(9-5-11-20-2)13-15-8-7-14(12-16(15)17)6-3-4-10-19/h7-8,12,19H,4-5,9-11,13H2,1-2H3. The van der Waals surface area contributed by atoms with Gasteiger partial charge in [-0.05, 0) is 25.6 Å². The number of ether oxygens (including phenoxy) is 1. The summed E-state index contributed by atoms with van der Waals surface area (Å²) in [4.78, 5) is 2.06. The van der Waals surface area contributed by atoms with Gasteiger partial charge in [-0.2, -0.15) is 0 Å². The molecule has 1 aromatic rings. The van der Waals surface area contributed by atoms with Crippen molar-refractivity contribution in [3.8, 4) is 11.8 Å². The zero-order valence-corrected chi connectivity index (χ0v) is 12.2. The van der Waals surface area contributed by atoms with Crippen LogP contribution in [-0.4, -0.2) is 43.9 Å². The Kier molecular flexibility index (Phi) is 7.89. The van der Waals surface area contributed by atoms with Gasteiger partial charge in [-0.15, -0.1) is 0 Å². The van der Waals surface area contributed by atoms with Gasteiger partial charge in [-0.25, -0.2) is 4.39 Å². The molecular weight excluding hydrogens is 257 g/mol. The summed E-state index contributed by atoms with van der Waals surface area (Å²) in [5.41, 5.74) is 1.30. The fourth-order valence-electron chi connectivity index (χ4n) is 1.82. The van der Waals surface area contributed by atoms with E-state index in [-0.39, 0.29) is 12.4 Å². The zero-order valence-electron chi connectivity index (χ0n) is 12.2. The molecule has 0 unspecified atom stereocenters. The third-order valence-electron chi connectivity index (χ3n) is 2.85. The maximum absolute atomic E-state index is 13.9. The summed E-state index contributed by atoms with van der Waals surface area (Å²) in [5, 5.41) is 8.64. The molecule has 0 fully saturated rings. The predicted octanol–water partition coefficient (Wildman–Crippen LogP) is 2.03. The Morgan fingerprint density at radius 1 is 1.40 bits per heavy atom. The van der Waals surface area contributed by atoms with Crippen LogP contribution in [0.25, 0.3) is 0 Å². The molecule has 0 atom stereocenters. The molecule has 0 aliphatic rings. The Labute approximate surface area is 120 Å². The molecule has 4 heteroatoms. The van der Waals surface area contributed by atoms with Crippen molar-refractivity contribution in [2.45, 2.75) is 19.4 Å². The molecule has 0 heterocycles. The number of hydrogen-bond acceptors (Lipinski definition) is 3. The lowest BCUT2D eigenvalue weighted by Gasteiger charge is -2.16. The summed E-state index contributed by atoms with van der Waals surface area (Å²) < 4.78 is 18.9. The average molecular weight is 279 g/mol. The Hall–Kier alpha value is -1.41. The molecule has 3 nitrogen and oxygen atoms in total. The molecule has 0 aliphatic heterocycles. The van der Waals surface area contributed by atoms with Crippen LogP contribution in [0.1, 0.15) is 24.0 Å². The van der Waals surface area contributed by atoms with Gasteiger partial charge in [0.25, 0.3) is 0 Å². The Morgan fingerprint density at radius 3 is 2.85 bits per heavy atom. The van der Waals surface area contributed by atoms with E-state index in [0.717, 1.165) is 13.0 Å². The summed E-state index contributed by atoms with van der Waals surface area (Å²) in [7, 11) is 3.64. The van der Waals surface area contributed by atoms with Gasteiger partial charge in [0.05, 0.1) is 6.61 Å². The van der Waals surface area contributed by atoms with E-state index in [2.05, 4.69) is 16.7 Å². The molecular formula is C16H22FNO2. The SMILES string of the molecule is COCCCN(C)Cc1ccc(C#CCCO)cc1F. The van der Waals surface area contributed by atoms with Crippen molar-refractivity contribution in [2.24, 2.45) is 0 Å². The Balaban J connectivity index is 2.57. The minimum absolute atomic E-state index is 0.0276. The second kappa shape index (κ2) is 9.49. The maximum Gasteiger partial charge on any atom is 0.128 e. The minimum Gasteiger partial charge on any atom is -0.395 e. The number of halogens is 1. The highest BCUT2D eigenvalue weighted by atomic mass is 19.1. The van der Waals surface area contributed by atoms with Crippen LogP contribution in [0.5, 0.6) is 0 Å². The molecule has 0 bridgehead atoms. The molecule has 20 heavy (non-hydrogen) atoms. The number of methoxy groups -OCH3 is 1. The second-order valence-electron chi connectivity index (χ2n) is 4.67. The van der Waals surface area contributed by atoms with E-state index >= 15 is 0 Å². The highest BCUT2D eigenvalue weighted by Crippen LogP contribution is 2.12. The Bertz CT molecular complexity index is 465. The molecule has 0 amide bonds. The summed E-state index contributed by atoms with van der Waals surface area (Å²) in [6, 6.07) is 5.03. The van der Waals surface area contributed by atoms with Crippen molar-refractivity contribution in [1.82, 2.24) is 4.90 Å². The van der Waals surface area contributed by atoms with Crippen molar-refractivity contribution in [3.05, 3.63) is 35.1 Å². The van der Waals surface area contributed by atoms with Crippen LogP contribution in [0, 0.1) is 17.7 Å². The lowest BCUT2D eigenvalue weighted by Crippen LogP contribution is -2.20. The van der Waals surface area contributed by atoms with Crippen molar-refractivity contribution >= 4 is 0 Å². The van der Waals surface area contributed by atoms with E-state index in [4.69, 9.17) is 9.84 Å². The van der Waals surface area contributed by atoms with Gasteiger partial charge in [0.1, 0.15) is 5.82 Å². The predicted molar refractivity (Wildman–Crippen MR) is 77.8 cm³/mol. The Morgan fingerprint density at radius 2 is 2.20 bits per heavy atom. The summed E-state index contributed by atoms with van der Waals surface area (Å²) in [6.07, 6.45) is 1.34. The van der Waals surface area contributed by atoms with Crippen LogP contribution >= 0.6 is 0 Å². The smallest absolute Gasteiger partial charge is 0.128 e. The van der Waals surface area contributed by atoms with Gasteiger partial charge in [0.15, 0.2) is 0 Å². The molecule has 0 saturated carbocycles. The summed E-state index contributed by atoms with van der Waals surface area (Å²) >= 11 is 0. The monoisotopic (exact) mass is 279 g/mol. The van der Waals surface area contributed by atoms with Gasteiger partial charge in [0, 0.05) is 44.4 Å². The molecule has 110 valence electrons. The van der Waals surface area contributed by atoms with E-state index < -0.39 is 0 Å². The van der Waals surface area contributed by atoms with Crippen LogP contribution in [0.4, 0.5) is 4.39 Å². The number of benzene rings is 1. The number of aliphatic hydroxyl groups excluding tert-OH is 1. The highest BCUT2D eigenvalue weighted by Gasteiger charge is 2.06. The quantitative estimate of drug-likeness (QED) is 0.612. The van der Waals surface area contributed by atoms with Crippen LogP contribution in [0.15, 0.2) is 18.2 Å². The first kappa shape index (κ1) is 16.6. The van der Waals surface area contributed by atoms with Crippen LogP contribution < -0.4 is 0 Å². The first-order chi connectivity index (χ1) is 9.67. The number of nitrogens with zero attached hydrogens (tertiary/aromatic N) is 1. The summed E-state index contributed by atoms with van der Waals surface area (Å²) in [5.74, 6) is 5.37. The molecule has 0 spiro atoms. The van der Waals surface area contributed by atoms with Crippen LogP contribution in [0.3, 0.4) is 0 Å². The minimum atomic E-state index is -0.237. The highest BCUT2D eigenvalue weighted by molar-refractivity contribution is 5.37. The first-order valence-electron chi connectivity index (χ1n) is 6.73. The lowest BCUT2D eigenvalue weighted by atomic mass is 10.1. The van der Waals surface area contributed by atoms with Crippen molar-refractivity contribution in [1.29, 1.82) is 0 Å². The van der Waals surface area contributed by atoms with Crippen LogP contribution in [-0.2, 0) is 11.3 Å². The second-order valence-corrected chi connectivity index (χ2v) is 4.67. The van der Waals surface area contributed by atoms with Crippen LogP contribution in [0.2, 0.25) is 0 Å². The van der Waals surface area contributed by atoms with Crippen molar-refractivity contribution < 1.29 is 14.2 Å². The largest absolute Gasteiger partial charge is 0.395 e. The van der Waals surface area contributed by atoms with Gasteiger partial charge in [-0.1, -0.05) is 17.9 Å². The first-order valence-corrected chi connectivity index (χ1v) is 6.73. The zero-order chi connectivity index (χ0) is 14.8. The van der Waals surface area contributed by atoms with E-state index in [9.17, 15) is 4.39 Å². The lowest BCUT2D eigenvalue weighted by molar-refractivity contribution is 0.178. The normalized spacial score (nSPS) is 10.4. The third-order valence-corrected chi connectivity index (χ3v) is 2.85. The van der Waals surface area contributed by atoms with Crippen molar-refractivity contribution in [2.75, 3.05) is 33.9 Å². The molecule has 1 aromatic carbocycles. The molecule has 0 radical (unpaired) electrons. The van der Waals surface area contributed by atoms with Gasteiger partial charge >= 0.3 is 0 Å². The summed E-state index contributed by atoms with van der Waals surface area (Å²) in [6.45, 7) is 2.18. The fourth-order valence-corrected chi connectivity index (χ4v) is 1.82. The van der Waals surface area contributed by atoms with Crippen molar-refractivity contribution in [3.63, 3.8) is 0 Å². The molecule has 0 saturated heterocycles. The number of hydrogen-bond donors (Lipinski definition) is 1. The molecule has 0 aromatic heterocycles. The van der Waals surface area contributed by atoms with E-state index in [1.54, 1.807) is 13.2 Å². The van der Waals surface area contributed by atoms with Gasteiger partial charge in [0.2, 0.25) is 0 Å². The molecule has 0 aliphatic carbocycles. The van der Waals surface area contributed by atoms with Gasteiger partial charge < -0.3 is 14.7 Å².